The normalized spacial score (nSPS) is 15.0. The van der Waals surface area contributed by atoms with Crippen molar-refractivity contribution in [2.24, 2.45) is 5.92 Å². The Morgan fingerprint density at radius 1 is 1.43 bits per heavy atom. The van der Waals surface area contributed by atoms with E-state index in [1.165, 1.54) is 0 Å². The molecule has 1 saturated carbocycles. The van der Waals surface area contributed by atoms with Crippen molar-refractivity contribution in [3.05, 3.63) is 48.4 Å². The van der Waals surface area contributed by atoms with Crippen molar-refractivity contribution in [1.82, 2.24) is 14.9 Å². The third-order valence-corrected chi connectivity index (χ3v) is 3.92. The number of aliphatic hydroxyl groups excluding tert-OH is 1. The molecule has 1 unspecified atom stereocenters. The lowest BCUT2D eigenvalue weighted by molar-refractivity contribution is 0.0645. The first-order chi connectivity index (χ1) is 11.1. The molecule has 1 atom stereocenters. The third-order valence-electron chi connectivity index (χ3n) is 3.92. The van der Waals surface area contributed by atoms with E-state index in [-0.39, 0.29) is 5.91 Å². The second-order valence-corrected chi connectivity index (χ2v) is 5.89. The number of nitrogens with zero attached hydrogens (tertiary/aromatic N) is 3. The van der Waals surface area contributed by atoms with Gasteiger partial charge < -0.3 is 15.3 Å². The molecule has 23 heavy (non-hydrogen) atoms. The van der Waals surface area contributed by atoms with Crippen molar-refractivity contribution in [2.45, 2.75) is 18.9 Å². The van der Waals surface area contributed by atoms with Crippen LogP contribution in [-0.2, 0) is 0 Å². The van der Waals surface area contributed by atoms with Crippen LogP contribution < -0.4 is 5.32 Å². The van der Waals surface area contributed by atoms with E-state index in [4.69, 9.17) is 0 Å². The van der Waals surface area contributed by atoms with Crippen molar-refractivity contribution in [1.29, 1.82) is 0 Å². The van der Waals surface area contributed by atoms with Gasteiger partial charge in [0.1, 0.15) is 5.82 Å². The molecule has 0 aliphatic heterocycles. The summed E-state index contributed by atoms with van der Waals surface area (Å²) in [6.07, 6.45) is 6.51. The van der Waals surface area contributed by atoms with Crippen molar-refractivity contribution in [2.75, 3.05) is 18.9 Å². The maximum absolute atomic E-state index is 12.5. The Balaban J connectivity index is 1.67. The fourth-order valence-corrected chi connectivity index (χ4v) is 2.46. The monoisotopic (exact) mass is 312 g/mol. The Morgan fingerprint density at radius 2 is 2.26 bits per heavy atom. The zero-order valence-electron chi connectivity index (χ0n) is 13.0. The van der Waals surface area contributed by atoms with Crippen LogP contribution in [0.2, 0.25) is 0 Å². The van der Waals surface area contributed by atoms with Gasteiger partial charge in [-0.1, -0.05) is 6.07 Å². The van der Waals surface area contributed by atoms with Gasteiger partial charge in [-0.15, -0.1) is 0 Å². The Kier molecular flexibility index (Phi) is 4.52. The Labute approximate surface area is 135 Å². The fraction of sp³-hybridized carbons (Fsp3) is 0.353. The molecule has 1 aromatic heterocycles. The van der Waals surface area contributed by atoms with Gasteiger partial charge in [0.2, 0.25) is 0 Å². The first-order valence-electron chi connectivity index (χ1n) is 7.70. The number of aliphatic hydroxyl groups is 1. The van der Waals surface area contributed by atoms with Crippen LogP contribution in [-0.4, -0.2) is 45.6 Å². The minimum Gasteiger partial charge on any atom is -0.391 e. The molecular formula is C17H20N4O2. The van der Waals surface area contributed by atoms with Gasteiger partial charge in [-0.25, -0.2) is 4.98 Å². The van der Waals surface area contributed by atoms with Crippen LogP contribution >= 0.6 is 0 Å². The molecule has 6 nitrogen and oxygen atoms in total. The molecule has 1 heterocycles. The van der Waals surface area contributed by atoms with Crippen LogP contribution in [0.5, 0.6) is 0 Å². The number of carbonyl (C=O) groups is 1. The number of nitrogens with one attached hydrogen (secondary N) is 1. The summed E-state index contributed by atoms with van der Waals surface area (Å²) >= 11 is 0. The van der Waals surface area contributed by atoms with Crippen LogP contribution in [0.25, 0.3) is 0 Å². The third kappa shape index (κ3) is 4.04. The summed E-state index contributed by atoms with van der Waals surface area (Å²) in [5, 5.41) is 13.1. The van der Waals surface area contributed by atoms with E-state index >= 15 is 0 Å². The van der Waals surface area contributed by atoms with Crippen LogP contribution in [0, 0.1) is 5.92 Å². The van der Waals surface area contributed by atoms with Gasteiger partial charge in [-0.3, -0.25) is 9.78 Å². The van der Waals surface area contributed by atoms with E-state index in [1.54, 1.807) is 42.7 Å². The number of carbonyl (C=O) groups excluding carboxylic acids is 1. The SMILES string of the molecule is CN(CC(O)C1CC1)C(=O)c1cccc(Nc2cnccn2)c1. The number of rotatable bonds is 6. The largest absolute Gasteiger partial charge is 0.391 e. The molecular weight excluding hydrogens is 292 g/mol. The maximum Gasteiger partial charge on any atom is 0.253 e. The molecule has 1 aliphatic rings. The first kappa shape index (κ1) is 15.4. The quantitative estimate of drug-likeness (QED) is 0.853. The van der Waals surface area contributed by atoms with Crippen molar-refractivity contribution in [3.8, 4) is 0 Å². The number of benzene rings is 1. The van der Waals surface area contributed by atoms with E-state index in [9.17, 15) is 9.90 Å². The number of hydrogen-bond donors (Lipinski definition) is 2. The molecule has 1 amide bonds. The van der Waals surface area contributed by atoms with Gasteiger partial charge in [0.05, 0.1) is 12.3 Å². The topological polar surface area (TPSA) is 78.4 Å². The van der Waals surface area contributed by atoms with Crippen LogP contribution in [0.4, 0.5) is 11.5 Å². The summed E-state index contributed by atoms with van der Waals surface area (Å²) in [7, 11) is 1.72. The Bertz CT molecular complexity index is 673. The summed E-state index contributed by atoms with van der Waals surface area (Å²) in [4.78, 5) is 22.2. The average Bonchev–Trinajstić information content (AvgIpc) is 3.40. The highest BCUT2D eigenvalue weighted by molar-refractivity contribution is 5.95. The van der Waals surface area contributed by atoms with Gasteiger partial charge in [0.25, 0.3) is 5.91 Å². The minimum atomic E-state index is -0.426. The Hall–Kier alpha value is -2.47. The molecule has 1 aliphatic carbocycles. The van der Waals surface area contributed by atoms with Crippen LogP contribution in [0.3, 0.4) is 0 Å². The van der Waals surface area contributed by atoms with Gasteiger partial charge in [-0.2, -0.15) is 0 Å². The lowest BCUT2D eigenvalue weighted by Crippen LogP contribution is -2.35. The van der Waals surface area contributed by atoms with Crippen molar-refractivity contribution in [3.63, 3.8) is 0 Å². The van der Waals surface area contributed by atoms with Crippen molar-refractivity contribution < 1.29 is 9.90 Å². The molecule has 120 valence electrons. The number of hydrogen-bond acceptors (Lipinski definition) is 5. The van der Waals surface area contributed by atoms with E-state index in [2.05, 4.69) is 15.3 Å². The summed E-state index contributed by atoms with van der Waals surface area (Å²) < 4.78 is 0. The molecule has 1 aromatic carbocycles. The van der Waals surface area contributed by atoms with Gasteiger partial charge >= 0.3 is 0 Å². The fourth-order valence-electron chi connectivity index (χ4n) is 2.46. The molecule has 2 aromatic rings. The van der Waals surface area contributed by atoms with Crippen LogP contribution in [0.15, 0.2) is 42.9 Å². The number of anilines is 2. The highest BCUT2D eigenvalue weighted by Crippen LogP contribution is 2.32. The lowest BCUT2D eigenvalue weighted by Gasteiger charge is -2.21. The summed E-state index contributed by atoms with van der Waals surface area (Å²) in [5.74, 6) is 0.872. The molecule has 0 saturated heterocycles. The summed E-state index contributed by atoms with van der Waals surface area (Å²) in [6.45, 7) is 0.366. The molecule has 0 radical (unpaired) electrons. The molecule has 1 fully saturated rings. The van der Waals surface area contributed by atoms with E-state index in [1.807, 2.05) is 12.1 Å². The number of amides is 1. The van der Waals surface area contributed by atoms with E-state index < -0.39 is 6.10 Å². The zero-order valence-corrected chi connectivity index (χ0v) is 13.0. The predicted molar refractivity (Wildman–Crippen MR) is 87.4 cm³/mol. The predicted octanol–water partition coefficient (Wildman–Crippen LogP) is 2.06. The van der Waals surface area contributed by atoms with E-state index in [0.717, 1.165) is 18.5 Å². The first-order valence-corrected chi connectivity index (χ1v) is 7.70. The molecule has 3 rings (SSSR count). The highest BCUT2D eigenvalue weighted by atomic mass is 16.3. The molecule has 0 spiro atoms. The lowest BCUT2D eigenvalue weighted by atomic mass is 10.1. The van der Waals surface area contributed by atoms with Gasteiger partial charge in [-0.05, 0) is 37.0 Å². The molecule has 0 bridgehead atoms. The standard InChI is InChI=1S/C17H20N4O2/c1-21(11-15(22)12-5-6-12)17(23)13-3-2-4-14(9-13)20-16-10-18-7-8-19-16/h2-4,7-10,12,15,22H,5-6,11H2,1H3,(H,19,20). The van der Waals surface area contributed by atoms with E-state index in [0.29, 0.717) is 23.8 Å². The maximum atomic E-state index is 12.5. The van der Waals surface area contributed by atoms with Crippen LogP contribution in [0.1, 0.15) is 23.2 Å². The second-order valence-electron chi connectivity index (χ2n) is 5.89. The number of aromatic nitrogens is 2. The smallest absolute Gasteiger partial charge is 0.253 e. The van der Waals surface area contributed by atoms with Crippen molar-refractivity contribution >= 4 is 17.4 Å². The second kappa shape index (κ2) is 6.75. The zero-order chi connectivity index (χ0) is 16.2. The average molecular weight is 312 g/mol. The Morgan fingerprint density at radius 3 is 2.96 bits per heavy atom. The minimum absolute atomic E-state index is 0.104. The van der Waals surface area contributed by atoms with Gasteiger partial charge in [0.15, 0.2) is 0 Å². The highest BCUT2D eigenvalue weighted by Gasteiger charge is 2.31. The summed E-state index contributed by atoms with van der Waals surface area (Å²) in [6, 6.07) is 7.23. The van der Waals surface area contributed by atoms with Gasteiger partial charge in [0, 0.05) is 37.2 Å². The number of likely N-dealkylation sites (N-methyl/N-ethyl adjacent to an activating group) is 1. The summed E-state index contributed by atoms with van der Waals surface area (Å²) in [5.41, 5.74) is 1.34. The molecule has 2 N–H and O–H groups in total. The molecule has 6 heteroatoms.